The summed E-state index contributed by atoms with van der Waals surface area (Å²) >= 11 is 0. The molecule has 1 heterocycles. The number of ether oxygens (including phenoxy) is 1. The van der Waals surface area contributed by atoms with E-state index in [1.165, 1.54) is 0 Å². The van der Waals surface area contributed by atoms with E-state index in [-0.39, 0.29) is 11.6 Å². The molecule has 5 heteroatoms. The number of hydrogen-bond acceptors (Lipinski definition) is 3. The number of benzene rings is 2. The van der Waals surface area contributed by atoms with Crippen molar-refractivity contribution in [1.29, 1.82) is 0 Å². The summed E-state index contributed by atoms with van der Waals surface area (Å²) in [4.78, 5) is 18.3. The minimum Gasteiger partial charge on any atom is -0.492 e. The van der Waals surface area contributed by atoms with Crippen LogP contribution >= 0.6 is 0 Å². The minimum atomic E-state index is -0.0569. The quantitative estimate of drug-likeness (QED) is 0.623. The average Bonchev–Trinajstić information content (AvgIpc) is 2.69. The van der Waals surface area contributed by atoms with Gasteiger partial charge in [0.15, 0.2) is 5.82 Å². The molecule has 3 rings (SSSR count). The standard InChI is InChI=1S/C22H27N3O2/c1-4-6-15-23-16(3)21-24-18-12-8-7-11-17(18)22(26)25(21)19-13-9-10-14-20(19)27-5-2/h7-14,16,23H,4-6,15H2,1-3H3/p+1/t16-/m1/s1. The van der Waals surface area contributed by atoms with Gasteiger partial charge in [0.2, 0.25) is 0 Å². The molecule has 1 aromatic heterocycles. The Hall–Kier alpha value is -2.66. The topological polar surface area (TPSA) is 60.7 Å². The van der Waals surface area contributed by atoms with Gasteiger partial charge in [0.05, 0.1) is 29.7 Å². The summed E-state index contributed by atoms with van der Waals surface area (Å²) in [7, 11) is 0. The first-order valence-electron chi connectivity index (χ1n) is 9.74. The zero-order chi connectivity index (χ0) is 19.2. The van der Waals surface area contributed by atoms with Gasteiger partial charge in [-0.1, -0.05) is 37.6 Å². The summed E-state index contributed by atoms with van der Waals surface area (Å²) in [6.45, 7) is 7.78. The highest BCUT2D eigenvalue weighted by atomic mass is 16.5. The van der Waals surface area contributed by atoms with Gasteiger partial charge >= 0.3 is 0 Å². The van der Waals surface area contributed by atoms with E-state index < -0.39 is 0 Å². The third-order valence-corrected chi connectivity index (χ3v) is 4.69. The molecule has 5 nitrogen and oxygen atoms in total. The molecule has 0 aliphatic rings. The Labute approximate surface area is 160 Å². The molecule has 2 N–H and O–H groups in total. The molecule has 0 bridgehead atoms. The lowest BCUT2D eigenvalue weighted by molar-refractivity contribution is -0.694. The third kappa shape index (κ3) is 4.03. The van der Waals surface area contributed by atoms with Crippen molar-refractivity contribution < 1.29 is 10.1 Å². The minimum absolute atomic E-state index is 0.0569. The summed E-state index contributed by atoms with van der Waals surface area (Å²) < 4.78 is 7.52. The summed E-state index contributed by atoms with van der Waals surface area (Å²) in [5, 5.41) is 2.87. The van der Waals surface area contributed by atoms with Crippen molar-refractivity contribution in [3.05, 3.63) is 64.7 Å². The largest absolute Gasteiger partial charge is 0.492 e. The van der Waals surface area contributed by atoms with Crippen molar-refractivity contribution in [2.24, 2.45) is 0 Å². The molecule has 0 amide bonds. The molecule has 0 aliphatic heterocycles. The van der Waals surface area contributed by atoms with Crippen LogP contribution in [0.4, 0.5) is 0 Å². The predicted molar refractivity (Wildman–Crippen MR) is 109 cm³/mol. The number of fused-ring (bicyclic) bond motifs is 1. The summed E-state index contributed by atoms with van der Waals surface area (Å²) in [6.07, 6.45) is 2.28. The molecule has 0 aliphatic carbocycles. The first-order valence-corrected chi connectivity index (χ1v) is 9.74. The molecule has 0 saturated heterocycles. The first kappa shape index (κ1) is 19.1. The lowest BCUT2D eigenvalue weighted by atomic mass is 10.2. The number of aromatic nitrogens is 2. The van der Waals surface area contributed by atoms with Crippen molar-refractivity contribution in [3.8, 4) is 11.4 Å². The second kappa shape index (κ2) is 8.82. The molecule has 142 valence electrons. The Morgan fingerprint density at radius 2 is 1.85 bits per heavy atom. The molecular weight excluding hydrogens is 338 g/mol. The van der Waals surface area contributed by atoms with Crippen LogP contribution in [0.3, 0.4) is 0 Å². The second-order valence-electron chi connectivity index (χ2n) is 6.70. The Morgan fingerprint density at radius 1 is 1.11 bits per heavy atom. The molecule has 0 saturated carbocycles. The third-order valence-electron chi connectivity index (χ3n) is 4.69. The highest BCUT2D eigenvalue weighted by Gasteiger charge is 2.21. The molecule has 27 heavy (non-hydrogen) atoms. The van der Waals surface area contributed by atoms with Gasteiger partial charge in [-0.2, -0.15) is 0 Å². The maximum absolute atomic E-state index is 13.4. The van der Waals surface area contributed by atoms with Crippen LogP contribution < -0.4 is 15.6 Å². The smallest absolute Gasteiger partial charge is 0.266 e. The maximum atomic E-state index is 13.4. The maximum Gasteiger partial charge on any atom is 0.266 e. The Bertz CT molecular complexity index is 965. The number of nitrogens with zero attached hydrogens (tertiary/aromatic N) is 2. The molecule has 0 unspecified atom stereocenters. The van der Waals surface area contributed by atoms with E-state index in [2.05, 4.69) is 19.2 Å². The van der Waals surface area contributed by atoms with Gasteiger partial charge in [-0.3, -0.25) is 9.36 Å². The Kier molecular flexibility index (Phi) is 6.24. The Morgan fingerprint density at radius 3 is 2.63 bits per heavy atom. The first-order chi connectivity index (χ1) is 13.2. The van der Waals surface area contributed by atoms with Gasteiger partial charge < -0.3 is 10.1 Å². The van der Waals surface area contributed by atoms with E-state index in [4.69, 9.17) is 9.72 Å². The monoisotopic (exact) mass is 366 g/mol. The van der Waals surface area contributed by atoms with Crippen LogP contribution in [-0.4, -0.2) is 22.7 Å². The number of hydrogen-bond donors (Lipinski definition) is 1. The van der Waals surface area contributed by atoms with Crippen LogP contribution in [0.15, 0.2) is 53.3 Å². The van der Waals surface area contributed by atoms with Crippen LogP contribution in [0, 0.1) is 0 Å². The number of quaternary nitrogens is 1. The van der Waals surface area contributed by atoms with E-state index in [1.54, 1.807) is 4.57 Å². The summed E-state index contributed by atoms with van der Waals surface area (Å²) in [6, 6.07) is 15.3. The zero-order valence-corrected chi connectivity index (χ0v) is 16.3. The molecule has 0 spiro atoms. The normalized spacial score (nSPS) is 12.3. The molecule has 1 atom stereocenters. The summed E-state index contributed by atoms with van der Waals surface area (Å²) in [5.41, 5.74) is 1.42. The molecule has 3 aromatic rings. The van der Waals surface area contributed by atoms with Crippen LogP contribution in [0.2, 0.25) is 0 Å². The van der Waals surface area contributed by atoms with Crippen LogP contribution in [0.1, 0.15) is 45.5 Å². The average molecular weight is 366 g/mol. The number of rotatable bonds is 8. The van der Waals surface area contributed by atoms with Gasteiger partial charge in [-0.25, -0.2) is 4.98 Å². The molecule has 0 radical (unpaired) electrons. The van der Waals surface area contributed by atoms with Crippen LogP contribution in [0.25, 0.3) is 16.6 Å². The van der Waals surface area contributed by atoms with Crippen molar-refractivity contribution in [3.63, 3.8) is 0 Å². The SMILES string of the molecule is CCCC[NH2+][C@H](C)c1nc2ccccc2c(=O)n1-c1ccccc1OCC. The van der Waals surface area contributed by atoms with Gasteiger partial charge in [-0.05, 0) is 44.5 Å². The molecule has 2 aromatic carbocycles. The van der Waals surface area contributed by atoms with E-state index in [0.717, 1.165) is 36.4 Å². The van der Waals surface area contributed by atoms with Crippen molar-refractivity contribution in [2.45, 2.75) is 39.7 Å². The fourth-order valence-corrected chi connectivity index (χ4v) is 3.28. The van der Waals surface area contributed by atoms with Crippen molar-refractivity contribution in [1.82, 2.24) is 9.55 Å². The lowest BCUT2D eigenvalue weighted by Crippen LogP contribution is -2.85. The van der Waals surface area contributed by atoms with E-state index in [9.17, 15) is 4.79 Å². The van der Waals surface area contributed by atoms with E-state index in [1.807, 2.05) is 55.5 Å². The van der Waals surface area contributed by atoms with Crippen LogP contribution in [-0.2, 0) is 0 Å². The van der Waals surface area contributed by atoms with E-state index in [0.29, 0.717) is 17.7 Å². The highest BCUT2D eigenvalue weighted by molar-refractivity contribution is 5.78. The van der Waals surface area contributed by atoms with E-state index >= 15 is 0 Å². The zero-order valence-electron chi connectivity index (χ0n) is 16.3. The van der Waals surface area contributed by atoms with Gasteiger partial charge in [0.1, 0.15) is 11.8 Å². The fraction of sp³-hybridized carbons (Fsp3) is 0.364. The van der Waals surface area contributed by atoms with Gasteiger partial charge in [0, 0.05) is 0 Å². The number of para-hydroxylation sites is 3. The van der Waals surface area contributed by atoms with Crippen LogP contribution in [0.5, 0.6) is 5.75 Å². The van der Waals surface area contributed by atoms with Crippen molar-refractivity contribution >= 4 is 10.9 Å². The Balaban J connectivity index is 2.21. The highest BCUT2D eigenvalue weighted by Crippen LogP contribution is 2.24. The predicted octanol–water partition coefficient (Wildman–Crippen LogP) is 3.21. The fourth-order valence-electron chi connectivity index (χ4n) is 3.28. The second-order valence-corrected chi connectivity index (χ2v) is 6.70. The summed E-state index contributed by atoms with van der Waals surface area (Å²) in [5.74, 6) is 1.45. The lowest BCUT2D eigenvalue weighted by Gasteiger charge is -2.19. The number of unbranched alkanes of at least 4 members (excludes halogenated alkanes) is 1. The van der Waals surface area contributed by atoms with Crippen molar-refractivity contribution in [2.75, 3.05) is 13.2 Å². The molecule has 0 fully saturated rings. The molecular formula is C22H28N3O2+. The van der Waals surface area contributed by atoms with Gasteiger partial charge in [0.25, 0.3) is 5.56 Å². The number of nitrogens with two attached hydrogens (primary N) is 1. The van der Waals surface area contributed by atoms with Gasteiger partial charge in [-0.15, -0.1) is 0 Å².